The standard InChI is InChI=1S/C18H20N2O/c1-2-8-16-14(6-1)13-21-18-10-4-3-9-17(18)20(16)12-15-7-5-11-19-15/h1-4,6,8-10,15,19H,5,7,11-13H2/t15-/m0/s1. The molecule has 0 spiro atoms. The molecule has 1 N–H and O–H groups in total. The average molecular weight is 280 g/mol. The first kappa shape index (κ1) is 12.7. The summed E-state index contributed by atoms with van der Waals surface area (Å²) in [5.41, 5.74) is 3.71. The minimum atomic E-state index is 0.559. The zero-order valence-corrected chi connectivity index (χ0v) is 12.1. The minimum Gasteiger partial charge on any atom is -0.487 e. The highest BCUT2D eigenvalue weighted by molar-refractivity contribution is 5.72. The first-order chi connectivity index (χ1) is 10.4. The molecule has 4 rings (SSSR count). The van der Waals surface area contributed by atoms with Crippen molar-refractivity contribution in [3.05, 3.63) is 54.1 Å². The van der Waals surface area contributed by atoms with Crippen molar-refractivity contribution >= 4 is 11.4 Å². The van der Waals surface area contributed by atoms with Gasteiger partial charge < -0.3 is 15.0 Å². The summed E-state index contributed by atoms with van der Waals surface area (Å²) in [5.74, 6) is 0.978. The van der Waals surface area contributed by atoms with Gasteiger partial charge in [0.1, 0.15) is 12.4 Å². The van der Waals surface area contributed by atoms with E-state index in [1.807, 2.05) is 6.07 Å². The molecular weight excluding hydrogens is 260 g/mol. The molecule has 3 heteroatoms. The second kappa shape index (κ2) is 5.41. The summed E-state index contributed by atoms with van der Waals surface area (Å²) in [6, 6.07) is 17.5. The normalized spacial score (nSPS) is 20.4. The van der Waals surface area contributed by atoms with E-state index in [2.05, 4.69) is 52.7 Å². The lowest BCUT2D eigenvalue weighted by atomic mass is 10.1. The van der Waals surface area contributed by atoms with E-state index in [0.29, 0.717) is 12.6 Å². The molecule has 108 valence electrons. The summed E-state index contributed by atoms with van der Waals surface area (Å²) in [7, 11) is 0. The van der Waals surface area contributed by atoms with Crippen molar-refractivity contribution in [3.63, 3.8) is 0 Å². The quantitative estimate of drug-likeness (QED) is 0.911. The summed E-state index contributed by atoms with van der Waals surface area (Å²) >= 11 is 0. The zero-order chi connectivity index (χ0) is 14.1. The van der Waals surface area contributed by atoms with Gasteiger partial charge in [0.25, 0.3) is 0 Å². The molecule has 2 aromatic carbocycles. The Kier molecular flexibility index (Phi) is 3.28. The second-order valence-corrected chi connectivity index (χ2v) is 5.79. The molecule has 2 aromatic rings. The lowest BCUT2D eigenvalue weighted by Crippen LogP contribution is -2.35. The monoisotopic (exact) mass is 280 g/mol. The van der Waals surface area contributed by atoms with Gasteiger partial charge in [0, 0.05) is 23.8 Å². The van der Waals surface area contributed by atoms with E-state index in [4.69, 9.17) is 4.74 Å². The number of hydrogen-bond donors (Lipinski definition) is 1. The van der Waals surface area contributed by atoms with Crippen LogP contribution in [0.4, 0.5) is 11.4 Å². The van der Waals surface area contributed by atoms with Crippen LogP contribution >= 0.6 is 0 Å². The largest absolute Gasteiger partial charge is 0.487 e. The third-order valence-corrected chi connectivity index (χ3v) is 4.39. The molecular formula is C18H20N2O. The van der Waals surface area contributed by atoms with Gasteiger partial charge >= 0.3 is 0 Å². The van der Waals surface area contributed by atoms with Crippen molar-refractivity contribution in [2.24, 2.45) is 0 Å². The Bertz CT molecular complexity index is 587. The Morgan fingerprint density at radius 1 is 1.05 bits per heavy atom. The van der Waals surface area contributed by atoms with Gasteiger partial charge in [-0.05, 0) is 37.6 Å². The molecule has 1 saturated heterocycles. The van der Waals surface area contributed by atoms with E-state index in [1.54, 1.807) is 0 Å². The van der Waals surface area contributed by atoms with Crippen LogP contribution in [0.1, 0.15) is 18.4 Å². The molecule has 0 aliphatic carbocycles. The van der Waals surface area contributed by atoms with Crippen molar-refractivity contribution in [2.75, 3.05) is 18.0 Å². The van der Waals surface area contributed by atoms with E-state index in [9.17, 15) is 0 Å². The highest BCUT2D eigenvalue weighted by atomic mass is 16.5. The number of para-hydroxylation sites is 3. The van der Waals surface area contributed by atoms with Crippen LogP contribution in [0.5, 0.6) is 5.75 Å². The van der Waals surface area contributed by atoms with Gasteiger partial charge in [0.15, 0.2) is 0 Å². The molecule has 0 amide bonds. The molecule has 0 radical (unpaired) electrons. The first-order valence-electron chi connectivity index (χ1n) is 7.72. The van der Waals surface area contributed by atoms with Gasteiger partial charge in [0.2, 0.25) is 0 Å². The third-order valence-electron chi connectivity index (χ3n) is 4.39. The number of hydrogen-bond acceptors (Lipinski definition) is 3. The fourth-order valence-electron chi connectivity index (χ4n) is 3.31. The van der Waals surface area contributed by atoms with Gasteiger partial charge in [-0.3, -0.25) is 0 Å². The molecule has 2 aliphatic rings. The Labute approximate surface area is 125 Å². The van der Waals surface area contributed by atoms with Crippen molar-refractivity contribution in [3.8, 4) is 5.75 Å². The summed E-state index contributed by atoms with van der Waals surface area (Å²) in [5, 5.41) is 3.60. The molecule has 2 heterocycles. The van der Waals surface area contributed by atoms with Crippen LogP contribution in [0.15, 0.2) is 48.5 Å². The Balaban J connectivity index is 1.77. The molecule has 3 nitrogen and oxygen atoms in total. The number of anilines is 2. The number of rotatable bonds is 2. The van der Waals surface area contributed by atoms with E-state index < -0.39 is 0 Å². The van der Waals surface area contributed by atoms with E-state index >= 15 is 0 Å². The Morgan fingerprint density at radius 2 is 1.86 bits per heavy atom. The summed E-state index contributed by atoms with van der Waals surface area (Å²) in [6.07, 6.45) is 2.53. The average Bonchev–Trinajstić information content (AvgIpc) is 2.99. The van der Waals surface area contributed by atoms with Gasteiger partial charge in [-0.1, -0.05) is 30.3 Å². The number of fused-ring (bicyclic) bond motifs is 2. The maximum atomic E-state index is 6.01. The van der Waals surface area contributed by atoms with Crippen LogP contribution in [0.3, 0.4) is 0 Å². The smallest absolute Gasteiger partial charge is 0.143 e. The predicted octanol–water partition coefficient (Wildman–Crippen LogP) is 3.47. The van der Waals surface area contributed by atoms with Crippen molar-refractivity contribution in [1.82, 2.24) is 5.32 Å². The lowest BCUT2D eigenvalue weighted by Gasteiger charge is -2.28. The van der Waals surface area contributed by atoms with Crippen LogP contribution in [-0.2, 0) is 6.61 Å². The maximum Gasteiger partial charge on any atom is 0.143 e. The predicted molar refractivity (Wildman–Crippen MR) is 85.2 cm³/mol. The van der Waals surface area contributed by atoms with Gasteiger partial charge in [0.05, 0.1) is 5.69 Å². The number of ether oxygens (including phenoxy) is 1. The van der Waals surface area contributed by atoms with Crippen LogP contribution in [0, 0.1) is 0 Å². The van der Waals surface area contributed by atoms with Crippen molar-refractivity contribution in [2.45, 2.75) is 25.5 Å². The second-order valence-electron chi connectivity index (χ2n) is 5.79. The molecule has 0 bridgehead atoms. The van der Waals surface area contributed by atoms with Gasteiger partial charge in [-0.15, -0.1) is 0 Å². The maximum absolute atomic E-state index is 6.01. The highest BCUT2D eigenvalue weighted by Crippen LogP contribution is 2.39. The fraction of sp³-hybridized carbons (Fsp3) is 0.333. The molecule has 0 saturated carbocycles. The Morgan fingerprint density at radius 3 is 2.71 bits per heavy atom. The van der Waals surface area contributed by atoms with Crippen molar-refractivity contribution < 1.29 is 4.74 Å². The molecule has 0 aromatic heterocycles. The van der Waals surface area contributed by atoms with E-state index in [-0.39, 0.29) is 0 Å². The van der Waals surface area contributed by atoms with Crippen LogP contribution in [0.25, 0.3) is 0 Å². The van der Waals surface area contributed by atoms with Gasteiger partial charge in [-0.25, -0.2) is 0 Å². The Hall–Kier alpha value is -2.00. The summed E-state index contributed by atoms with van der Waals surface area (Å²) in [6.45, 7) is 2.78. The van der Waals surface area contributed by atoms with E-state index in [1.165, 1.54) is 29.8 Å². The first-order valence-corrected chi connectivity index (χ1v) is 7.72. The number of nitrogens with one attached hydrogen (secondary N) is 1. The van der Waals surface area contributed by atoms with Crippen LogP contribution in [-0.4, -0.2) is 19.1 Å². The minimum absolute atomic E-state index is 0.559. The van der Waals surface area contributed by atoms with Crippen molar-refractivity contribution in [1.29, 1.82) is 0 Å². The topological polar surface area (TPSA) is 24.5 Å². The highest BCUT2D eigenvalue weighted by Gasteiger charge is 2.25. The molecule has 1 fully saturated rings. The molecule has 0 unspecified atom stereocenters. The fourth-order valence-corrected chi connectivity index (χ4v) is 3.31. The van der Waals surface area contributed by atoms with E-state index in [0.717, 1.165) is 18.8 Å². The zero-order valence-electron chi connectivity index (χ0n) is 12.1. The van der Waals surface area contributed by atoms with Gasteiger partial charge in [-0.2, -0.15) is 0 Å². The molecule has 21 heavy (non-hydrogen) atoms. The molecule has 2 aliphatic heterocycles. The third kappa shape index (κ3) is 2.38. The number of benzene rings is 2. The lowest BCUT2D eigenvalue weighted by molar-refractivity contribution is 0.310. The van der Waals surface area contributed by atoms with Crippen LogP contribution < -0.4 is 15.0 Å². The summed E-state index contributed by atoms with van der Waals surface area (Å²) in [4.78, 5) is 2.42. The number of nitrogens with zero attached hydrogens (tertiary/aromatic N) is 1. The SMILES string of the molecule is c1ccc2c(c1)COc1ccccc1N2C[C@@H]1CCCN1. The molecule has 1 atom stereocenters. The van der Waals surface area contributed by atoms with Crippen LogP contribution in [0.2, 0.25) is 0 Å². The summed E-state index contributed by atoms with van der Waals surface area (Å²) < 4.78 is 6.01.